The van der Waals surface area contributed by atoms with E-state index in [2.05, 4.69) is 18.0 Å². The Kier molecular flexibility index (Phi) is 3.71. The molecule has 2 nitrogen and oxygen atoms in total. The highest BCUT2D eigenvalue weighted by Gasteiger charge is 2.19. The molecule has 1 atom stereocenters. The first-order valence-corrected chi connectivity index (χ1v) is 7.86. The fourth-order valence-corrected chi connectivity index (χ4v) is 3.44. The number of nitrogens with zero attached hydrogens (tertiary/aromatic N) is 2. The molecular weight excluding hydrogens is 318 g/mol. The molecular formula is C14H11Cl2FN2S. The van der Waals surface area contributed by atoms with Gasteiger partial charge >= 0.3 is 0 Å². The van der Waals surface area contributed by atoms with Crippen molar-refractivity contribution in [3.8, 4) is 0 Å². The third-order valence-electron chi connectivity index (χ3n) is 3.27. The molecule has 0 spiro atoms. The van der Waals surface area contributed by atoms with Crippen molar-refractivity contribution in [3.63, 3.8) is 0 Å². The molecule has 3 aromatic rings. The molecule has 0 amide bonds. The maximum Gasteiger partial charge on any atom is 0.144 e. The molecule has 0 aliphatic heterocycles. The Morgan fingerprint density at radius 2 is 2.25 bits per heavy atom. The number of fused-ring (bicyclic) bond motifs is 1. The smallest absolute Gasteiger partial charge is 0.144 e. The Bertz CT molecular complexity index is 752. The van der Waals surface area contributed by atoms with E-state index in [0.29, 0.717) is 11.3 Å². The Labute approximate surface area is 129 Å². The van der Waals surface area contributed by atoms with Crippen LogP contribution in [0.1, 0.15) is 23.7 Å². The number of hydrogen-bond acceptors (Lipinski definition) is 2. The Morgan fingerprint density at radius 3 is 2.90 bits per heavy atom. The Balaban J connectivity index is 2.25. The van der Waals surface area contributed by atoms with E-state index in [4.69, 9.17) is 23.2 Å². The molecule has 2 aromatic heterocycles. The average Bonchev–Trinajstić information content (AvgIpc) is 3.06. The van der Waals surface area contributed by atoms with Crippen LogP contribution in [0.25, 0.3) is 11.0 Å². The maximum atomic E-state index is 13.6. The van der Waals surface area contributed by atoms with Crippen molar-refractivity contribution in [1.29, 1.82) is 0 Å². The molecule has 0 saturated heterocycles. The second-order valence-electron chi connectivity index (χ2n) is 4.48. The summed E-state index contributed by atoms with van der Waals surface area (Å²) >= 11 is 13.5. The van der Waals surface area contributed by atoms with Crippen LogP contribution in [0.5, 0.6) is 0 Å². The zero-order valence-corrected chi connectivity index (χ0v) is 12.9. The van der Waals surface area contributed by atoms with Crippen LogP contribution in [0, 0.1) is 5.82 Å². The molecule has 0 bridgehead atoms. The fraction of sp³-hybridized carbons (Fsp3) is 0.214. The van der Waals surface area contributed by atoms with Crippen molar-refractivity contribution in [3.05, 3.63) is 51.2 Å². The van der Waals surface area contributed by atoms with Crippen molar-refractivity contribution in [2.45, 2.75) is 18.8 Å². The first-order valence-electron chi connectivity index (χ1n) is 6.07. The minimum atomic E-state index is -0.464. The van der Waals surface area contributed by atoms with Gasteiger partial charge in [0.1, 0.15) is 11.6 Å². The molecule has 6 heteroatoms. The first kappa shape index (κ1) is 13.9. The monoisotopic (exact) mass is 328 g/mol. The van der Waals surface area contributed by atoms with Crippen LogP contribution in [0.2, 0.25) is 5.02 Å². The molecule has 3 rings (SSSR count). The zero-order chi connectivity index (χ0) is 14.3. The van der Waals surface area contributed by atoms with Gasteiger partial charge in [-0.1, -0.05) is 17.7 Å². The molecule has 20 heavy (non-hydrogen) atoms. The van der Waals surface area contributed by atoms with Gasteiger partial charge in [-0.05, 0) is 24.4 Å². The lowest BCUT2D eigenvalue weighted by Gasteiger charge is -2.15. The predicted molar refractivity (Wildman–Crippen MR) is 82.4 cm³/mol. The van der Waals surface area contributed by atoms with Crippen LogP contribution in [0.4, 0.5) is 4.39 Å². The molecule has 1 unspecified atom stereocenters. The maximum absolute atomic E-state index is 13.6. The molecule has 2 heterocycles. The predicted octanol–water partition coefficient (Wildman–Crippen LogP) is 5.24. The molecule has 0 saturated carbocycles. The van der Waals surface area contributed by atoms with Gasteiger partial charge in [0.25, 0.3) is 0 Å². The summed E-state index contributed by atoms with van der Waals surface area (Å²) in [4.78, 5) is 5.59. The van der Waals surface area contributed by atoms with Crippen LogP contribution in [-0.2, 0) is 5.88 Å². The largest absolute Gasteiger partial charge is 0.319 e. The summed E-state index contributed by atoms with van der Waals surface area (Å²) in [6.07, 6.45) is 0. The molecule has 0 fully saturated rings. The van der Waals surface area contributed by atoms with Gasteiger partial charge in [-0.2, -0.15) is 0 Å². The number of benzene rings is 1. The normalized spacial score (nSPS) is 13.0. The van der Waals surface area contributed by atoms with Crippen LogP contribution in [0.15, 0.2) is 29.6 Å². The second-order valence-corrected chi connectivity index (χ2v) is 6.13. The van der Waals surface area contributed by atoms with Crippen molar-refractivity contribution < 1.29 is 4.39 Å². The van der Waals surface area contributed by atoms with Gasteiger partial charge in [0.05, 0.1) is 28.0 Å². The van der Waals surface area contributed by atoms with E-state index in [1.54, 1.807) is 17.4 Å². The highest BCUT2D eigenvalue weighted by Crippen LogP contribution is 2.31. The number of thiophene rings is 1. The van der Waals surface area contributed by atoms with Gasteiger partial charge in [-0.15, -0.1) is 22.9 Å². The van der Waals surface area contributed by atoms with E-state index in [1.165, 1.54) is 10.9 Å². The standard InChI is InChI=1S/C14H11Cl2FN2S/c1-8(13-3-2-4-20-13)19-12-5-9(16)10(17)6-11(12)18-14(19)7-15/h2-6,8H,7H2,1H3. The summed E-state index contributed by atoms with van der Waals surface area (Å²) in [5, 5.41) is 2.12. The Morgan fingerprint density at radius 1 is 1.45 bits per heavy atom. The highest BCUT2D eigenvalue weighted by molar-refractivity contribution is 7.10. The lowest BCUT2D eigenvalue weighted by atomic mass is 10.2. The molecule has 0 radical (unpaired) electrons. The van der Waals surface area contributed by atoms with Crippen LogP contribution < -0.4 is 0 Å². The van der Waals surface area contributed by atoms with E-state index in [-0.39, 0.29) is 16.9 Å². The quantitative estimate of drug-likeness (QED) is 0.601. The SMILES string of the molecule is CC(c1cccs1)n1c(CCl)nc2cc(F)c(Cl)cc21. The van der Waals surface area contributed by atoms with E-state index in [9.17, 15) is 4.39 Å². The molecule has 104 valence electrons. The second kappa shape index (κ2) is 5.35. The van der Waals surface area contributed by atoms with Crippen molar-refractivity contribution in [1.82, 2.24) is 9.55 Å². The van der Waals surface area contributed by atoms with Gasteiger partial charge in [-0.25, -0.2) is 9.37 Å². The minimum Gasteiger partial charge on any atom is -0.319 e. The molecule has 1 aromatic carbocycles. The van der Waals surface area contributed by atoms with Crippen molar-refractivity contribution in [2.24, 2.45) is 0 Å². The third-order valence-corrected chi connectivity index (χ3v) is 4.84. The first-order chi connectivity index (χ1) is 9.61. The van der Waals surface area contributed by atoms with Crippen LogP contribution >= 0.6 is 34.5 Å². The van der Waals surface area contributed by atoms with E-state index in [1.807, 2.05) is 16.0 Å². The van der Waals surface area contributed by atoms with E-state index >= 15 is 0 Å². The highest BCUT2D eigenvalue weighted by atomic mass is 35.5. The third kappa shape index (κ3) is 2.22. The number of alkyl halides is 1. The van der Waals surface area contributed by atoms with Gasteiger partial charge in [0.15, 0.2) is 0 Å². The summed E-state index contributed by atoms with van der Waals surface area (Å²) in [6.45, 7) is 2.07. The average molecular weight is 329 g/mol. The fourth-order valence-electron chi connectivity index (χ4n) is 2.32. The molecule has 0 aliphatic rings. The molecule has 0 aliphatic carbocycles. The van der Waals surface area contributed by atoms with E-state index in [0.717, 1.165) is 5.52 Å². The number of rotatable bonds is 3. The summed E-state index contributed by atoms with van der Waals surface area (Å²) in [7, 11) is 0. The number of hydrogen-bond donors (Lipinski definition) is 0. The van der Waals surface area contributed by atoms with E-state index < -0.39 is 5.82 Å². The van der Waals surface area contributed by atoms with Gasteiger partial charge in [-0.3, -0.25) is 0 Å². The summed E-state index contributed by atoms with van der Waals surface area (Å²) in [6, 6.07) is 7.10. The van der Waals surface area contributed by atoms with Crippen LogP contribution in [0.3, 0.4) is 0 Å². The number of imidazole rings is 1. The van der Waals surface area contributed by atoms with Crippen molar-refractivity contribution in [2.75, 3.05) is 0 Å². The van der Waals surface area contributed by atoms with Gasteiger partial charge in [0, 0.05) is 10.9 Å². The Hall–Kier alpha value is -1.10. The lowest BCUT2D eigenvalue weighted by molar-refractivity contribution is 0.628. The van der Waals surface area contributed by atoms with Crippen molar-refractivity contribution >= 4 is 45.6 Å². The summed E-state index contributed by atoms with van der Waals surface area (Å²) < 4.78 is 15.6. The van der Waals surface area contributed by atoms with Gasteiger partial charge in [0.2, 0.25) is 0 Å². The topological polar surface area (TPSA) is 17.8 Å². The van der Waals surface area contributed by atoms with Gasteiger partial charge < -0.3 is 4.57 Å². The molecule has 0 N–H and O–H groups in total. The lowest BCUT2D eigenvalue weighted by Crippen LogP contribution is -2.08. The number of aromatic nitrogens is 2. The summed E-state index contributed by atoms with van der Waals surface area (Å²) in [5.41, 5.74) is 1.37. The summed E-state index contributed by atoms with van der Waals surface area (Å²) in [5.74, 6) is 0.516. The van der Waals surface area contributed by atoms with Crippen LogP contribution in [-0.4, -0.2) is 9.55 Å². The minimum absolute atomic E-state index is 0.0790. The zero-order valence-electron chi connectivity index (χ0n) is 10.6. The number of halogens is 3.